The average molecular weight is 435 g/mol. The highest BCUT2D eigenvalue weighted by molar-refractivity contribution is 5.64. The zero-order valence-electron chi connectivity index (χ0n) is 18.8. The molecule has 0 saturated heterocycles. The highest BCUT2D eigenvalue weighted by atomic mass is 16.5. The number of ether oxygens (including phenoxy) is 1. The van der Waals surface area contributed by atoms with Gasteiger partial charge in [-0.2, -0.15) is 4.98 Å². The van der Waals surface area contributed by atoms with Crippen LogP contribution in [-0.2, 0) is 27.9 Å². The third-order valence-corrected chi connectivity index (χ3v) is 4.88. The van der Waals surface area contributed by atoms with Crippen molar-refractivity contribution in [1.82, 2.24) is 10.1 Å². The summed E-state index contributed by atoms with van der Waals surface area (Å²) in [6.45, 7) is 7.53. The summed E-state index contributed by atoms with van der Waals surface area (Å²) in [5.41, 5.74) is 11.9. The lowest BCUT2D eigenvalue weighted by molar-refractivity contribution is -0.134. The van der Waals surface area contributed by atoms with Crippen molar-refractivity contribution in [1.29, 1.82) is 0 Å². The quantitative estimate of drug-likeness (QED) is 0.507. The number of aromatic nitrogens is 2. The van der Waals surface area contributed by atoms with Crippen molar-refractivity contribution in [2.24, 2.45) is 16.9 Å². The smallest absolute Gasteiger partial charge is 0.404 e. The van der Waals surface area contributed by atoms with Gasteiger partial charge in [-0.05, 0) is 36.7 Å². The van der Waals surface area contributed by atoms with Crippen LogP contribution in [-0.4, -0.2) is 33.9 Å². The van der Waals surface area contributed by atoms with E-state index >= 15 is 0 Å². The fourth-order valence-corrected chi connectivity index (χ4v) is 2.92. The summed E-state index contributed by atoms with van der Waals surface area (Å²) < 4.78 is 10.3. The molecule has 0 spiro atoms. The van der Waals surface area contributed by atoms with Gasteiger partial charge >= 0.3 is 6.09 Å². The Morgan fingerprint density at radius 3 is 2.29 bits per heavy atom. The molecule has 2 rings (SSSR count). The van der Waals surface area contributed by atoms with Crippen LogP contribution >= 0.6 is 0 Å². The Morgan fingerprint density at radius 1 is 1.13 bits per heavy atom. The van der Waals surface area contributed by atoms with Crippen LogP contribution in [0, 0.1) is 5.41 Å². The third-order valence-electron chi connectivity index (χ3n) is 4.88. The standard InChI is InChI=1S/C20H30N4O3.C2H4O2/c1-19(2,3)20(22,13-7-8-14-26-18(21)25)17-23-16(24-27-17)12-11-15-9-5-4-6-10-15;1-2(3)4/h4-6,9-10H,7-8,11-14,22H2,1-3H3,(H2,21,25);1H3,(H,3,4). The molecule has 0 radical (unpaired) electrons. The number of primary amides is 1. The van der Waals surface area contributed by atoms with Gasteiger partial charge in [-0.25, -0.2) is 4.79 Å². The first kappa shape index (κ1) is 26.1. The lowest BCUT2D eigenvalue weighted by Gasteiger charge is -2.38. The fourth-order valence-electron chi connectivity index (χ4n) is 2.92. The predicted octanol–water partition coefficient (Wildman–Crippen LogP) is 3.41. The van der Waals surface area contributed by atoms with Crippen molar-refractivity contribution < 1.29 is 24.0 Å². The molecular weight excluding hydrogens is 400 g/mol. The first-order chi connectivity index (χ1) is 14.5. The molecule has 0 fully saturated rings. The maximum absolute atomic E-state index is 10.6. The van der Waals surface area contributed by atoms with Crippen molar-refractivity contribution in [2.45, 2.75) is 65.3 Å². The normalized spacial score (nSPS) is 12.9. The molecule has 5 N–H and O–H groups in total. The topological polar surface area (TPSA) is 155 Å². The van der Waals surface area contributed by atoms with Crippen LogP contribution in [0.2, 0.25) is 0 Å². The van der Waals surface area contributed by atoms with E-state index in [2.05, 4.69) is 43.0 Å². The number of carboxylic acids is 1. The second kappa shape index (κ2) is 12.0. The molecule has 1 unspecified atom stereocenters. The summed E-state index contributed by atoms with van der Waals surface area (Å²) in [6, 6.07) is 10.2. The van der Waals surface area contributed by atoms with Crippen LogP contribution in [0.15, 0.2) is 34.9 Å². The zero-order chi connectivity index (χ0) is 23.5. The molecule has 1 amide bonds. The third kappa shape index (κ3) is 9.17. The predicted molar refractivity (Wildman–Crippen MR) is 116 cm³/mol. The van der Waals surface area contributed by atoms with E-state index in [4.69, 9.17) is 30.6 Å². The summed E-state index contributed by atoms with van der Waals surface area (Å²) in [4.78, 5) is 24.2. The molecule has 0 aliphatic heterocycles. The Kier molecular flexibility index (Phi) is 10.1. The number of carbonyl (C=O) groups excluding carboxylic acids is 1. The maximum Gasteiger partial charge on any atom is 0.404 e. The SMILES string of the molecule is CC(=O)O.CC(C)(C)C(N)(CCCCOC(N)=O)c1nc(CCc2ccccc2)no1. The van der Waals surface area contributed by atoms with E-state index in [0.717, 1.165) is 19.8 Å². The molecule has 9 nitrogen and oxygen atoms in total. The number of benzene rings is 1. The van der Waals surface area contributed by atoms with Crippen molar-refractivity contribution in [3.63, 3.8) is 0 Å². The Morgan fingerprint density at radius 2 is 1.74 bits per heavy atom. The van der Waals surface area contributed by atoms with Crippen LogP contribution < -0.4 is 11.5 Å². The molecule has 31 heavy (non-hydrogen) atoms. The Hall–Kier alpha value is -2.94. The van der Waals surface area contributed by atoms with Crippen molar-refractivity contribution >= 4 is 12.1 Å². The molecule has 0 aliphatic carbocycles. The van der Waals surface area contributed by atoms with Gasteiger partial charge in [0.1, 0.15) is 5.54 Å². The summed E-state index contributed by atoms with van der Waals surface area (Å²) in [7, 11) is 0. The molecule has 1 atom stereocenters. The minimum absolute atomic E-state index is 0.277. The number of rotatable bonds is 9. The highest BCUT2D eigenvalue weighted by Crippen LogP contribution is 2.40. The van der Waals surface area contributed by atoms with E-state index in [0.29, 0.717) is 31.0 Å². The van der Waals surface area contributed by atoms with Gasteiger partial charge in [-0.1, -0.05) is 56.3 Å². The second-order valence-corrected chi connectivity index (χ2v) is 8.37. The molecule has 1 aromatic carbocycles. The molecule has 2 aromatic rings. The number of unbranched alkanes of at least 4 members (excludes halogenated alkanes) is 1. The molecule has 1 aromatic heterocycles. The van der Waals surface area contributed by atoms with Crippen LogP contribution in [0.3, 0.4) is 0 Å². The van der Waals surface area contributed by atoms with Gasteiger partial charge in [0.05, 0.1) is 6.61 Å². The molecule has 172 valence electrons. The number of nitrogens with two attached hydrogens (primary N) is 2. The fraction of sp³-hybridized carbons (Fsp3) is 0.545. The molecular formula is C22H34N4O5. The summed E-state index contributed by atoms with van der Waals surface area (Å²) >= 11 is 0. The van der Waals surface area contributed by atoms with Crippen LogP contribution in [0.5, 0.6) is 0 Å². The minimum atomic E-state index is -0.833. The lowest BCUT2D eigenvalue weighted by Crippen LogP contribution is -2.48. The number of nitrogens with zero attached hydrogens (tertiary/aromatic N) is 2. The van der Waals surface area contributed by atoms with Crippen LogP contribution in [0.1, 0.15) is 64.2 Å². The molecule has 0 saturated carbocycles. The Bertz CT molecular complexity index is 813. The largest absolute Gasteiger partial charge is 0.481 e. The van der Waals surface area contributed by atoms with Crippen LogP contribution in [0.4, 0.5) is 4.79 Å². The first-order valence-corrected chi connectivity index (χ1v) is 10.2. The van der Waals surface area contributed by atoms with E-state index < -0.39 is 17.6 Å². The number of amides is 1. The van der Waals surface area contributed by atoms with Crippen molar-refractivity contribution in [3.05, 3.63) is 47.6 Å². The molecule has 9 heteroatoms. The van der Waals surface area contributed by atoms with Gasteiger partial charge in [-0.3, -0.25) is 4.79 Å². The van der Waals surface area contributed by atoms with E-state index in [1.54, 1.807) is 0 Å². The lowest BCUT2D eigenvalue weighted by atomic mass is 9.71. The molecule has 1 heterocycles. The van der Waals surface area contributed by atoms with E-state index in [1.165, 1.54) is 5.56 Å². The van der Waals surface area contributed by atoms with Gasteiger partial charge in [0, 0.05) is 13.3 Å². The Labute approximate surface area is 183 Å². The minimum Gasteiger partial charge on any atom is -0.481 e. The number of carboxylic acid groups (broad SMARTS) is 1. The van der Waals surface area contributed by atoms with E-state index in [1.807, 2.05) is 18.2 Å². The monoisotopic (exact) mass is 434 g/mol. The van der Waals surface area contributed by atoms with Gasteiger partial charge < -0.3 is 25.8 Å². The first-order valence-electron chi connectivity index (χ1n) is 10.2. The second-order valence-electron chi connectivity index (χ2n) is 8.37. The summed E-state index contributed by atoms with van der Waals surface area (Å²) in [5, 5.41) is 11.5. The van der Waals surface area contributed by atoms with E-state index in [9.17, 15) is 4.79 Å². The van der Waals surface area contributed by atoms with Crippen molar-refractivity contribution in [2.75, 3.05) is 6.61 Å². The average Bonchev–Trinajstić information content (AvgIpc) is 3.15. The van der Waals surface area contributed by atoms with E-state index in [-0.39, 0.29) is 12.0 Å². The highest BCUT2D eigenvalue weighted by Gasteiger charge is 2.44. The summed E-state index contributed by atoms with van der Waals surface area (Å²) in [6.07, 6.45) is 2.84. The van der Waals surface area contributed by atoms with Gasteiger partial charge in [0.25, 0.3) is 5.97 Å². The number of carbonyl (C=O) groups is 2. The number of hydrogen-bond donors (Lipinski definition) is 3. The zero-order valence-corrected chi connectivity index (χ0v) is 18.8. The number of aliphatic carboxylic acids is 1. The van der Waals surface area contributed by atoms with Gasteiger partial charge in [0.15, 0.2) is 5.82 Å². The maximum atomic E-state index is 10.6. The van der Waals surface area contributed by atoms with Crippen molar-refractivity contribution in [3.8, 4) is 0 Å². The molecule has 0 bridgehead atoms. The van der Waals surface area contributed by atoms with Crippen LogP contribution in [0.25, 0.3) is 0 Å². The van der Waals surface area contributed by atoms with Gasteiger partial charge in [0.2, 0.25) is 5.89 Å². The Balaban J connectivity index is 0.00000110. The number of hydrogen-bond acceptors (Lipinski definition) is 7. The van der Waals surface area contributed by atoms with Gasteiger partial charge in [-0.15, -0.1) is 0 Å². The molecule has 0 aliphatic rings. The summed E-state index contributed by atoms with van der Waals surface area (Å²) in [5.74, 6) is 0.277. The number of aryl methyl sites for hydroxylation is 2.